The molecule has 3 rings (SSSR count). The molecule has 2 heterocycles. The molecule has 2 N–H and O–H groups in total. The van der Waals surface area contributed by atoms with Crippen molar-refractivity contribution in [2.75, 3.05) is 50.0 Å². The molecule has 1 fully saturated rings. The highest BCUT2D eigenvalue weighted by atomic mass is 16.1. The summed E-state index contributed by atoms with van der Waals surface area (Å²) in [5, 5.41) is 6.05. The monoisotopic (exact) mass is 339 g/mol. The number of hydrogen-bond acceptors (Lipinski definition) is 5. The van der Waals surface area contributed by atoms with Crippen molar-refractivity contribution < 1.29 is 4.79 Å². The van der Waals surface area contributed by atoms with Gasteiger partial charge < -0.3 is 20.4 Å². The fourth-order valence-electron chi connectivity index (χ4n) is 2.85. The van der Waals surface area contributed by atoms with Gasteiger partial charge in [0.1, 0.15) is 0 Å². The molecule has 0 spiro atoms. The lowest BCUT2D eigenvalue weighted by molar-refractivity contribution is -0.115. The number of aromatic nitrogens is 1. The maximum Gasteiger partial charge on any atom is 0.238 e. The van der Waals surface area contributed by atoms with Crippen molar-refractivity contribution in [1.29, 1.82) is 0 Å². The molecule has 6 nitrogen and oxygen atoms in total. The summed E-state index contributed by atoms with van der Waals surface area (Å²) < 4.78 is 0. The van der Waals surface area contributed by atoms with Crippen LogP contribution < -0.4 is 15.5 Å². The van der Waals surface area contributed by atoms with E-state index in [0.29, 0.717) is 6.54 Å². The third-order valence-corrected chi connectivity index (χ3v) is 4.36. The quantitative estimate of drug-likeness (QED) is 0.836. The predicted molar refractivity (Wildman–Crippen MR) is 101 cm³/mol. The van der Waals surface area contributed by atoms with E-state index >= 15 is 0 Å². The molecule has 0 unspecified atom stereocenters. The Morgan fingerprint density at radius 3 is 2.56 bits per heavy atom. The van der Waals surface area contributed by atoms with Crippen molar-refractivity contribution in [3.05, 3.63) is 54.4 Å². The van der Waals surface area contributed by atoms with E-state index in [1.807, 2.05) is 24.3 Å². The summed E-state index contributed by atoms with van der Waals surface area (Å²) in [6.45, 7) is 5.15. The number of rotatable bonds is 6. The normalized spacial score (nSPS) is 15.2. The van der Waals surface area contributed by atoms with Crippen LogP contribution >= 0.6 is 0 Å². The number of likely N-dealkylation sites (N-methyl/N-ethyl adjacent to an activating group) is 1. The molecule has 1 aromatic heterocycles. The minimum absolute atomic E-state index is 0.0452. The van der Waals surface area contributed by atoms with Gasteiger partial charge in [0, 0.05) is 56.5 Å². The molecule has 0 aliphatic carbocycles. The summed E-state index contributed by atoms with van der Waals surface area (Å²) in [5.41, 5.74) is 3.10. The molecule has 1 saturated heterocycles. The van der Waals surface area contributed by atoms with Crippen LogP contribution in [0.25, 0.3) is 0 Å². The zero-order valence-electron chi connectivity index (χ0n) is 14.6. The van der Waals surface area contributed by atoms with Gasteiger partial charge in [-0.1, -0.05) is 6.07 Å². The van der Waals surface area contributed by atoms with Crippen molar-refractivity contribution in [2.24, 2.45) is 0 Å². The average molecular weight is 339 g/mol. The highest BCUT2D eigenvalue weighted by Crippen LogP contribution is 2.19. The molecule has 1 aliphatic heterocycles. The van der Waals surface area contributed by atoms with Gasteiger partial charge in [-0.15, -0.1) is 0 Å². The Balaban J connectivity index is 1.44. The predicted octanol–water partition coefficient (Wildman–Crippen LogP) is 1.56. The van der Waals surface area contributed by atoms with Crippen LogP contribution in [0.3, 0.4) is 0 Å². The second kappa shape index (κ2) is 8.60. The van der Waals surface area contributed by atoms with Gasteiger partial charge in [0.15, 0.2) is 0 Å². The van der Waals surface area contributed by atoms with Gasteiger partial charge in [-0.3, -0.25) is 9.78 Å². The van der Waals surface area contributed by atoms with Gasteiger partial charge >= 0.3 is 0 Å². The number of nitrogens with zero attached hydrogens (tertiary/aromatic N) is 3. The van der Waals surface area contributed by atoms with Crippen LogP contribution in [0.2, 0.25) is 0 Å². The van der Waals surface area contributed by atoms with Gasteiger partial charge in [0.05, 0.1) is 6.54 Å². The maximum absolute atomic E-state index is 12.0. The van der Waals surface area contributed by atoms with E-state index in [1.54, 1.807) is 12.4 Å². The largest absolute Gasteiger partial charge is 0.369 e. The summed E-state index contributed by atoms with van der Waals surface area (Å²) in [4.78, 5) is 20.8. The molecule has 1 aromatic carbocycles. The third-order valence-electron chi connectivity index (χ3n) is 4.36. The molecule has 132 valence electrons. The topological polar surface area (TPSA) is 60.5 Å². The van der Waals surface area contributed by atoms with Crippen LogP contribution in [0.15, 0.2) is 48.8 Å². The number of carbonyl (C=O) groups is 1. The van der Waals surface area contributed by atoms with Crippen LogP contribution in [0.1, 0.15) is 5.56 Å². The summed E-state index contributed by atoms with van der Waals surface area (Å²) >= 11 is 0. The lowest BCUT2D eigenvalue weighted by Crippen LogP contribution is -2.44. The number of carbonyl (C=O) groups excluding carboxylic acids is 1. The molecule has 0 atom stereocenters. The van der Waals surface area contributed by atoms with Crippen LogP contribution in [-0.4, -0.2) is 55.6 Å². The zero-order valence-corrected chi connectivity index (χ0v) is 14.6. The van der Waals surface area contributed by atoms with Crippen molar-refractivity contribution in [2.45, 2.75) is 6.54 Å². The maximum atomic E-state index is 12.0. The fraction of sp³-hybridized carbons (Fsp3) is 0.368. The average Bonchev–Trinajstić information content (AvgIpc) is 2.64. The Morgan fingerprint density at radius 1 is 1.12 bits per heavy atom. The number of hydrogen-bond donors (Lipinski definition) is 2. The summed E-state index contributed by atoms with van der Waals surface area (Å²) in [6.07, 6.45) is 3.53. The van der Waals surface area contributed by atoms with Gasteiger partial charge in [-0.2, -0.15) is 0 Å². The van der Waals surface area contributed by atoms with E-state index in [0.717, 1.165) is 37.4 Å². The van der Waals surface area contributed by atoms with Crippen molar-refractivity contribution in [3.63, 3.8) is 0 Å². The first-order valence-corrected chi connectivity index (χ1v) is 8.64. The van der Waals surface area contributed by atoms with E-state index < -0.39 is 0 Å². The first-order chi connectivity index (χ1) is 12.2. The standard InChI is InChI=1S/C19H25N5O/c1-23-9-11-24(12-10-23)18-6-4-17(5-7-18)22-19(25)15-21-14-16-3-2-8-20-13-16/h2-8,13,21H,9-12,14-15H2,1H3,(H,22,25). The minimum atomic E-state index is -0.0452. The third kappa shape index (κ3) is 5.27. The van der Waals surface area contributed by atoms with Gasteiger partial charge in [-0.05, 0) is 42.9 Å². The number of amides is 1. The highest BCUT2D eigenvalue weighted by Gasteiger charge is 2.14. The van der Waals surface area contributed by atoms with Gasteiger partial charge in [0.2, 0.25) is 5.91 Å². The Morgan fingerprint density at radius 2 is 1.88 bits per heavy atom. The van der Waals surface area contributed by atoms with Crippen LogP contribution in [0.5, 0.6) is 0 Å². The number of pyridine rings is 1. The molecule has 0 radical (unpaired) electrons. The fourth-order valence-corrected chi connectivity index (χ4v) is 2.85. The van der Waals surface area contributed by atoms with E-state index in [-0.39, 0.29) is 12.5 Å². The number of piperazine rings is 1. The molecule has 0 saturated carbocycles. The summed E-state index contributed by atoms with van der Waals surface area (Å²) in [7, 11) is 2.15. The molecule has 1 amide bonds. The Bertz CT molecular complexity index is 666. The smallest absolute Gasteiger partial charge is 0.238 e. The molecule has 0 bridgehead atoms. The van der Waals surface area contributed by atoms with Crippen LogP contribution in [0, 0.1) is 0 Å². The molecule has 1 aliphatic rings. The molecular formula is C19H25N5O. The Hall–Kier alpha value is -2.44. The first-order valence-electron chi connectivity index (χ1n) is 8.64. The first kappa shape index (κ1) is 17.4. The molecule has 2 aromatic rings. The lowest BCUT2D eigenvalue weighted by Gasteiger charge is -2.34. The van der Waals surface area contributed by atoms with Crippen LogP contribution in [-0.2, 0) is 11.3 Å². The molecule has 6 heteroatoms. The van der Waals surface area contributed by atoms with Crippen molar-refractivity contribution in [1.82, 2.24) is 15.2 Å². The van der Waals surface area contributed by atoms with E-state index in [1.165, 1.54) is 5.69 Å². The summed E-state index contributed by atoms with van der Waals surface area (Å²) in [6, 6.07) is 11.9. The Kier molecular flexibility index (Phi) is 5.98. The Labute approximate surface area is 148 Å². The lowest BCUT2D eigenvalue weighted by atomic mass is 10.2. The van der Waals surface area contributed by atoms with E-state index in [4.69, 9.17) is 0 Å². The van der Waals surface area contributed by atoms with Gasteiger partial charge in [0.25, 0.3) is 0 Å². The number of benzene rings is 1. The molecule has 25 heavy (non-hydrogen) atoms. The second-order valence-electron chi connectivity index (χ2n) is 6.35. The zero-order chi connectivity index (χ0) is 17.5. The minimum Gasteiger partial charge on any atom is -0.369 e. The van der Waals surface area contributed by atoms with E-state index in [9.17, 15) is 4.79 Å². The highest BCUT2D eigenvalue weighted by molar-refractivity contribution is 5.92. The molecular weight excluding hydrogens is 314 g/mol. The number of anilines is 2. The van der Waals surface area contributed by atoms with Crippen molar-refractivity contribution in [3.8, 4) is 0 Å². The SMILES string of the molecule is CN1CCN(c2ccc(NC(=O)CNCc3cccnc3)cc2)CC1. The second-order valence-corrected chi connectivity index (χ2v) is 6.35. The summed E-state index contributed by atoms with van der Waals surface area (Å²) in [5.74, 6) is -0.0452. The van der Waals surface area contributed by atoms with Crippen molar-refractivity contribution >= 4 is 17.3 Å². The van der Waals surface area contributed by atoms with Gasteiger partial charge in [-0.25, -0.2) is 0 Å². The number of nitrogens with one attached hydrogen (secondary N) is 2. The van der Waals surface area contributed by atoms with E-state index in [2.05, 4.69) is 44.6 Å². The van der Waals surface area contributed by atoms with Crippen LogP contribution in [0.4, 0.5) is 11.4 Å².